The number of aliphatic imine (C=N–C) groups is 1. The van der Waals surface area contributed by atoms with E-state index in [0.717, 1.165) is 61.6 Å². The van der Waals surface area contributed by atoms with Gasteiger partial charge in [0, 0.05) is 31.4 Å². The molecular formula is C22H27N5O2. The summed E-state index contributed by atoms with van der Waals surface area (Å²) in [6.07, 6.45) is 5.33. The molecule has 0 spiro atoms. The van der Waals surface area contributed by atoms with Crippen LogP contribution in [0.1, 0.15) is 54.9 Å². The summed E-state index contributed by atoms with van der Waals surface area (Å²) < 4.78 is 6.15. The van der Waals surface area contributed by atoms with Crippen LogP contribution in [0.5, 0.6) is 5.88 Å². The van der Waals surface area contributed by atoms with Crippen LogP contribution in [-0.2, 0) is 6.42 Å². The quantitative estimate of drug-likeness (QED) is 0.843. The van der Waals surface area contributed by atoms with Crippen molar-refractivity contribution in [2.75, 3.05) is 13.1 Å². The number of rotatable bonds is 5. The molecule has 0 unspecified atom stereocenters. The average Bonchev–Trinajstić information content (AvgIpc) is 2.74. The van der Waals surface area contributed by atoms with Gasteiger partial charge >= 0.3 is 0 Å². The van der Waals surface area contributed by atoms with Crippen molar-refractivity contribution in [1.82, 2.24) is 14.9 Å². The maximum absolute atomic E-state index is 11.2. The highest BCUT2D eigenvalue weighted by Gasteiger charge is 2.23. The number of hydrogen-bond donors (Lipinski definition) is 1. The Morgan fingerprint density at radius 3 is 2.62 bits per heavy atom. The molecule has 1 saturated heterocycles. The lowest BCUT2D eigenvalue weighted by atomic mass is 10.0. The summed E-state index contributed by atoms with van der Waals surface area (Å²) >= 11 is 0. The van der Waals surface area contributed by atoms with Crippen molar-refractivity contribution in [2.45, 2.75) is 51.7 Å². The number of primary amides is 1. The molecule has 7 nitrogen and oxygen atoms in total. The van der Waals surface area contributed by atoms with E-state index in [9.17, 15) is 4.79 Å². The van der Waals surface area contributed by atoms with Crippen LogP contribution in [-0.4, -0.2) is 51.7 Å². The van der Waals surface area contributed by atoms with Gasteiger partial charge in [0.15, 0.2) is 0 Å². The molecule has 1 fully saturated rings. The topological polar surface area (TPSA) is 93.7 Å². The second-order valence-electron chi connectivity index (χ2n) is 7.92. The molecule has 152 valence electrons. The van der Waals surface area contributed by atoms with E-state index < -0.39 is 5.91 Å². The molecule has 29 heavy (non-hydrogen) atoms. The third-order valence-electron chi connectivity index (χ3n) is 5.62. The van der Waals surface area contributed by atoms with Crippen molar-refractivity contribution >= 4 is 17.3 Å². The fraction of sp³-hybridized carbons (Fsp3) is 0.455. The SMILES string of the molecule is CC(C)N1CCC(Oc2ccc3c(n2)CCC(c2ccc(C(N)=O)cn2)=N3)CC1. The van der Waals surface area contributed by atoms with Gasteiger partial charge in [-0.3, -0.25) is 9.78 Å². The monoisotopic (exact) mass is 393 g/mol. The minimum absolute atomic E-state index is 0.228. The zero-order valence-electron chi connectivity index (χ0n) is 17.0. The van der Waals surface area contributed by atoms with Crippen LogP contribution >= 0.6 is 0 Å². The number of nitrogens with two attached hydrogens (primary N) is 1. The zero-order chi connectivity index (χ0) is 20.4. The molecule has 0 radical (unpaired) electrons. The molecule has 0 aliphatic carbocycles. The normalized spacial score (nSPS) is 17.7. The first kappa shape index (κ1) is 19.5. The van der Waals surface area contributed by atoms with Crippen molar-refractivity contribution in [3.8, 4) is 5.88 Å². The molecule has 4 heterocycles. The number of aryl methyl sites for hydroxylation is 1. The van der Waals surface area contributed by atoms with Gasteiger partial charge in [-0.2, -0.15) is 0 Å². The van der Waals surface area contributed by atoms with Crippen LogP contribution in [0.3, 0.4) is 0 Å². The first-order valence-electron chi connectivity index (χ1n) is 10.2. The molecule has 2 aliphatic rings. The maximum atomic E-state index is 11.2. The van der Waals surface area contributed by atoms with Gasteiger partial charge in [-0.05, 0) is 57.7 Å². The van der Waals surface area contributed by atoms with Crippen molar-refractivity contribution in [2.24, 2.45) is 10.7 Å². The smallest absolute Gasteiger partial charge is 0.250 e. The van der Waals surface area contributed by atoms with Crippen LogP contribution in [0.25, 0.3) is 0 Å². The summed E-state index contributed by atoms with van der Waals surface area (Å²) in [5.41, 5.74) is 9.14. The molecule has 0 saturated carbocycles. The van der Waals surface area contributed by atoms with E-state index in [4.69, 9.17) is 20.4 Å². The van der Waals surface area contributed by atoms with Gasteiger partial charge in [0.2, 0.25) is 11.8 Å². The predicted octanol–water partition coefficient (Wildman–Crippen LogP) is 2.89. The molecular weight excluding hydrogens is 366 g/mol. The van der Waals surface area contributed by atoms with E-state index in [-0.39, 0.29) is 6.10 Å². The number of piperidine rings is 1. The summed E-state index contributed by atoms with van der Waals surface area (Å²) in [6.45, 7) is 6.62. The lowest BCUT2D eigenvalue weighted by Gasteiger charge is -2.34. The summed E-state index contributed by atoms with van der Waals surface area (Å²) in [5, 5.41) is 0. The predicted molar refractivity (Wildman–Crippen MR) is 112 cm³/mol. The van der Waals surface area contributed by atoms with Gasteiger partial charge in [0.1, 0.15) is 6.10 Å². The molecule has 2 N–H and O–H groups in total. The van der Waals surface area contributed by atoms with Crippen molar-refractivity contribution in [3.05, 3.63) is 47.4 Å². The van der Waals surface area contributed by atoms with Crippen molar-refractivity contribution in [3.63, 3.8) is 0 Å². The number of ether oxygens (including phenoxy) is 1. The lowest BCUT2D eigenvalue weighted by molar-refractivity contribution is 0.0811. The number of aromatic nitrogens is 2. The number of amides is 1. The highest BCUT2D eigenvalue weighted by atomic mass is 16.5. The molecule has 0 aromatic carbocycles. The molecule has 0 atom stereocenters. The van der Waals surface area contributed by atoms with E-state index in [1.165, 1.54) is 6.20 Å². The van der Waals surface area contributed by atoms with E-state index in [0.29, 0.717) is 17.5 Å². The summed E-state index contributed by atoms with van der Waals surface area (Å²) in [6, 6.07) is 7.94. The van der Waals surface area contributed by atoms with Gasteiger partial charge < -0.3 is 15.4 Å². The fourth-order valence-corrected chi connectivity index (χ4v) is 3.84. The first-order valence-corrected chi connectivity index (χ1v) is 10.2. The van der Waals surface area contributed by atoms with Gasteiger partial charge in [0.05, 0.1) is 28.4 Å². The summed E-state index contributed by atoms with van der Waals surface area (Å²) in [5.74, 6) is 0.209. The number of carbonyl (C=O) groups is 1. The number of carbonyl (C=O) groups excluding carboxylic acids is 1. The number of fused-ring (bicyclic) bond motifs is 1. The van der Waals surface area contributed by atoms with Crippen LogP contribution in [0.15, 0.2) is 35.5 Å². The molecule has 1 amide bonds. The Balaban J connectivity index is 1.43. The number of pyridine rings is 2. The Kier molecular flexibility index (Phi) is 5.58. The number of likely N-dealkylation sites (tertiary alicyclic amines) is 1. The third kappa shape index (κ3) is 4.45. The van der Waals surface area contributed by atoms with Crippen molar-refractivity contribution in [1.29, 1.82) is 0 Å². The highest BCUT2D eigenvalue weighted by Crippen LogP contribution is 2.29. The van der Waals surface area contributed by atoms with E-state index in [1.54, 1.807) is 12.1 Å². The molecule has 2 aromatic rings. The summed E-state index contributed by atoms with van der Waals surface area (Å²) in [4.78, 5) is 27.4. The average molecular weight is 393 g/mol. The zero-order valence-corrected chi connectivity index (χ0v) is 17.0. The van der Waals surface area contributed by atoms with Crippen LogP contribution in [0, 0.1) is 0 Å². The third-order valence-corrected chi connectivity index (χ3v) is 5.62. The van der Waals surface area contributed by atoms with Gasteiger partial charge in [0.25, 0.3) is 0 Å². The standard InChI is InChI=1S/C22H27N5O2/c1-14(2)27-11-9-16(10-12-27)29-21-8-7-19-20(26-21)6-5-18(25-19)17-4-3-15(13-24-17)22(23)28/h3-4,7-8,13-14,16H,5-6,9-12H2,1-2H3,(H2,23,28). The Labute approximate surface area is 171 Å². The molecule has 0 bridgehead atoms. The first-order chi connectivity index (χ1) is 14.0. The van der Waals surface area contributed by atoms with Crippen LogP contribution < -0.4 is 10.5 Å². The van der Waals surface area contributed by atoms with Gasteiger partial charge in [-0.25, -0.2) is 9.98 Å². The maximum Gasteiger partial charge on any atom is 0.250 e. The molecule has 4 rings (SSSR count). The van der Waals surface area contributed by atoms with Crippen LogP contribution in [0.4, 0.5) is 5.69 Å². The Morgan fingerprint density at radius 1 is 1.17 bits per heavy atom. The second kappa shape index (κ2) is 8.29. The minimum Gasteiger partial charge on any atom is -0.474 e. The van der Waals surface area contributed by atoms with Crippen LogP contribution in [0.2, 0.25) is 0 Å². The Hall–Kier alpha value is -2.80. The number of nitrogens with zero attached hydrogens (tertiary/aromatic N) is 4. The van der Waals surface area contributed by atoms with E-state index >= 15 is 0 Å². The van der Waals surface area contributed by atoms with E-state index in [1.807, 2.05) is 12.1 Å². The van der Waals surface area contributed by atoms with Crippen molar-refractivity contribution < 1.29 is 9.53 Å². The van der Waals surface area contributed by atoms with E-state index in [2.05, 4.69) is 23.7 Å². The largest absolute Gasteiger partial charge is 0.474 e. The fourth-order valence-electron chi connectivity index (χ4n) is 3.84. The van der Waals surface area contributed by atoms with Gasteiger partial charge in [-0.1, -0.05) is 0 Å². The number of hydrogen-bond acceptors (Lipinski definition) is 6. The van der Waals surface area contributed by atoms with Gasteiger partial charge in [-0.15, -0.1) is 0 Å². The minimum atomic E-state index is -0.480. The Morgan fingerprint density at radius 2 is 1.97 bits per heavy atom. The molecule has 2 aromatic heterocycles. The second-order valence-corrected chi connectivity index (χ2v) is 7.92. The molecule has 2 aliphatic heterocycles. The molecule has 7 heteroatoms. The highest BCUT2D eigenvalue weighted by molar-refractivity contribution is 6.02. The summed E-state index contributed by atoms with van der Waals surface area (Å²) in [7, 11) is 0. The Bertz CT molecular complexity index is 915. The lowest BCUT2D eigenvalue weighted by Crippen LogP contribution is -2.41.